The fourth-order valence-electron chi connectivity index (χ4n) is 1.96. The number of halogens is 3. The summed E-state index contributed by atoms with van der Waals surface area (Å²) in [6.07, 6.45) is 0.0411. The van der Waals surface area contributed by atoms with Gasteiger partial charge < -0.3 is 5.11 Å². The summed E-state index contributed by atoms with van der Waals surface area (Å²) in [4.78, 5) is 0. The Kier molecular flexibility index (Phi) is 3.88. The second kappa shape index (κ2) is 5.27. The van der Waals surface area contributed by atoms with Gasteiger partial charge in [0, 0.05) is 11.4 Å². The molecule has 100 valence electrons. The predicted octanol–water partition coefficient (Wildman–Crippen LogP) is 4.07. The molecule has 1 N–H and O–H groups in total. The molecule has 0 aliphatic carbocycles. The molecule has 0 spiro atoms. The Morgan fingerprint density at radius 2 is 1.89 bits per heavy atom. The number of hydrogen-bond donors (Lipinski definition) is 1. The second-order valence-electron chi connectivity index (χ2n) is 4.70. The second-order valence-corrected chi connectivity index (χ2v) is 5.13. The van der Waals surface area contributed by atoms with Crippen molar-refractivity contribution in [2.75, 3.05) is 0 Å². The summed E-state index contributed by atoms with van der Waals surface area (Å²) < 4.78 is 26.9. The molecule has 0 amide bonds. The van der Waals surface area contributed by atoms with Gasteiger partial charge in [0.25, 0.3) is 0 Å². The minimum Gasteiger partial charge on any atom is -0.385 e. The molecule has 0 bridgehead atoms. The molecule has 0 heterocycles. The van der Waals surface area contributed by atoms with E-state index in [-0.39, 0.29) is 6.42 Å². The van der Waals surface area contributed by atoms with Gasteiger partial charge in [0.15, 0.2) is 0 Å². The Bertz CT molecular complexity index is 596. The third-order valence-corrected chi connectivity index (χ3v) is 3.23. The average molecular weight is 283 g/mol. The van der Waals surface area contributed by atoms with Gasteiger partial charge in [-0.15, -0.1) is 0 Å². The molecule has 0 fully saturated rings. The van der Waals surface area contributed by atoms with Gasteiger partial charge in [-0.3, -0.25) is 0 Å². The van der Waals surface area contributed by atoms with Crippen LogP contribution < -0.4 is 0 Å². The van der Waals surface area contributed by atoms with Crippen LogP contribution in [0.3, 0.4) is 0 Å². The van der Waals surface area contributed by atoms with Gasteiger partial charge in [-0.25, -0.2) is 8.78 Å². The van der Waals surface area contributed by atoms with E-state index in [2.05, 4.69) is 0 Å². The summed E-state index contributed by atoms with van der Waals surface area (Å²) >= 11 is 5.67. The van der Waals surface area contributed by atoms with Gasteiger partial charge in [0.1, 0.15) is 11.6 Å². The molecule has 2 aromatic carbocycles. The molecular weight excluding hydrogens is 270 g/mol. The minimum absolute atomic E-state index is 0.0411. The third kappa shape index (κ3) is 3.31. The van der Waals surface area contributed by atoms with Crippen LogP contribution in [0.5, 0.6) is 0 Å². The number of rotatable bonds is 3. The summed E-state index contributed by atoms with van der Waals surface area (Å²) in [5, 5.41) is 10.7. The molecule has 0 saturated heterocycles. The SMILES string of the molecule is CC(O)(Cc1ccc(Cl)cc1F)c1cccc(F)c1. The highest BCUT2D eigenvalue weighted by atomic mass is 35.5. The lowest BCUT2D eigenvalue weighted by atomic mass is 9.89. The van der Waals surface area contributed by atoms with Crippen LogP contribution in [-0.2, 0) is 12.0 Å². The molecule has 0 aromatic heterocycles. The zero-order valence-electron chi connectivity index (χ0n) is 10.3. The van der Waals surface area contributed by atoms with Gasteiger partial charge in [0.2, 0.25) is 0 Å². The van der Waals surface area contributed by atoms with Gasteiger partial charge in [0.05, 0.1) is 5.60 Å². The first-order valence-electron chi connectivity index (χ1n) is 5.81. The van der Waals surface area contributed by atoms with Crippen molar-refractivity contribution in [1.29, 1.82) is 0 Å². The van der Waals surface area contributed by atoms with Crippen LogP contribution >= 0.6 is 11.6 Å². The Hall–Kier alpha value is -1.45. The van der Waals surface area contributed by atoms with Crippen LogP contribution in [0, 0.1) is 11.6 Å². The molecule has 0 aliphatic rings. The van der Waals surface area contributed by atoms with E-state index >= 15 is 0 Å². The molecule has 19 heavy (non-hydrogen) atoms. The topological polar surface area (TPSA) is 20.2 Å². The smallest absolute Gasteiger partial charge is 0.127 e. The molecule has 2 rings (SSSR count). The van der Waals surface area contributed by atoms with E-state index in [1.165, 1.54) is 37.3 Å². The maximum atomic E-state index is 13.7. The summed E-state index contributed by atoms with van der Waals surface area (Å²) in [5.41, 5.74) is -0.614. The zero-order valence-corrected chi connectivity index (χ0v) is 11.1. The molecule has 1 nitrogen and oxygen atoms in total. The lowest BCUT2D eigenvalue weighted by molar-refractivity contribution is 0.0563. The van der Waals surface area contributed by atoms with Crippen LogP contribution in [0.1, 0.15) is 18.1 Å². The maximum Gasteiger partial charge on any atom is 0.127 e. The van der Waals surface area contributed by atoms with E-state index < -0.39 is 17.2 Å². The Labute approximate surface area is 115 Å². The Balaban J connectivity index is 2.30. The van der Waals surface area contributed by atoms with Crippen molar-refractivity contribution < 1.29 is 13.9 Å². The van der Waals surface area contributed by atoms with Crippen LogP contribution in [0.25, 0.3) is 0 Å². The highest BCUT2D eigenvalue weighted by Crippen LogP contribution is 2.27. The van der Waals surface area contributed by atoms with Crippen LogP contribution in [0.15, 0.2) is 42.5 Å². The normalized spacial score (nSPS) is 14.2. The molecular formula is C15H13ClF2O. The minimum atomic E-state index is -1.35. The van der Waals surface area contributed by atoms with Gasteiger partial charge in [-0.05, 0) is 42.3 Å². The predicted molar refractivity (Wildman–Crippen MR) is 71.1 cm³/mol. The van der Waals surface area contributed by atoms with Crippen LogP contribution in [0.4, 0.5) is 8.78 Å². The number of hydrogen-bond acceptors (Lipinski definition) is 1. The highest BCUT2D eigenvalue weighted by Gasteiger charge is 2.25. The van der Waals surface area contributed by atoms with E-state index in [0.717, 1.165) is 0 Å². The van der Waals surface area contributed by atoms with Crippen molar-refractivity contribution >= 4 is 11.6 Å². The van der Waals surface area contributed by atoms with E-state index in [9.17, 15) is 13.9 Å². The fraction of sp³-hybridized carbons (Fsp3) is 0.200. The summed E-state index contributed by atoms with van der Waals surface area (Å²) in [6, 6.07) is 9.93. The largest absolute Gasteiger partial charge is 0.385 e. The first kappa shape index (κ1) is 14.0. The fourth-order valence-corrected chi connectivity index (χ4v) is 2.12. The van der Waals surface area contributed by atoms with Crippen molar-refractivity contribution in [1.82, 2.24) is 0 Å². The third-order valence-electron chi connectivity index (χ3n) is 3.00. The van der Waals surface area contributed by atoms with Crippen molar-refractivity contribution in [2.45, 2.75) is 18.9 Å². The van der Waals surface area contributed by atoms with Gasteiger partial charge in [-0.2, -0.15) is 0 Å². The summed E-state index contributed by atoms with van der Waals surface area (Å²) in [7, 11) is 0. The summed E-state index contributed by atoms with van der Waals surface area (Å²) in [6.45, 7) is 1.52. The van der Waals surface area contributed by atoms with Crippen molar-refractivity contribution in [2.24, 2.45) is 0 Å². The molecule has 4 heteroatoms. The molecule has 0 radical (unpaired) electrons. The molecule has 0 aliphatic heterocycles. The quantitative estimate of drug-likeness (QED) is 0.900. The molecule has 1 unspecified atom stereocenters. The van der Waals surface area contributed by atoms with Gasteiger partial charge in [-0.1, -0.05) is 29.8 Å². The summed E-state index contributed by atoms with van der Waals surface area (Å²) in [5.74, 6) is -0.918. The van der Waals surface area contributed by atoms with Crippen molar-refractivity contribution in [3.63, 3.8) is 0 Å². The van der Waals surface area contributed by atoms with E-state index in [1.54, 1.807) is 12.1 Å². The number of benzene rings is 2. The monoisotopic (exact) mass is 282 g/mol. The lowest BCUT2D eigenvalue weighted by Gasteiger charge is -2.24. The van der Waals surface area contributed by atoms with E-state index in [1.807, 2.05) is 0 Å². The Morgan fingerprint density at radius 1 is 1.16 bits per heavy atom. The zero-order chi connectivity index (χ0) is 14.0. The molecule has 1 atom stereocenters. The molecule has 0 saturated carbocycles. The Morgan fingerprint density at radius 3 is 2.53 bits per heavy atom. The first-order chi connectivity index (χ1) is 8.88. The standard InChI is InChI=1S/C15H13ClF2O/c1-15(19,11-3-2-4-13(17)7-11)9-10-5-6-12(16)8-14(10)18/h2-8,19H,9H2,1H3. The van der Waals surface area contributed by atoms with Crippen molar-refractivity contribution in [3.05, 3.63) is 70.2 Å². The number of aliphatic hydroxyl groups is 1. The van der Waals surface area contributed by atoms with E-state index in [4.69, 9.17) is 11.6 Å². The van der Waals surface area contributed by atoms with E-state index in [0.29, 0.717) is 16.1 Å². The highest BCUT2D eigenvalue weighted by molar-refractivity contribution is 6.30. The van der Waals surface area contributed by atoms with Gasteiger partial charge >= 0.3 is 0 Å². The van der Waals surface area contributed by atoms with Crippen molar-refractivity contribution in [3.8, 4) is 0 Å². The average Bonchev–Trinajstić information content (AvgIpc) is 2.33. The van der Waals surface area contributed by atoms with Crippen LogP contribution in [-0.4, -0.2) is 5.11 Å². The lowest BCUT2D eigenvalue weighted by Crippen LogP contribution is -2.25. The first-order valence-corrected chi connectivity index (χ1v) is 6.19. The maximum absolute atomic E-state index is 13.7. The van der Waals surface area contributed by atoms with Crippen LogP contribution in [0.2, 0.25) is 5.02 Å². The molecule has 2 aromatic rings.